The number of nitrogens with zero attached hydrogens (tertiary/aromatic N) is 1. The summed E-state index contributed by atoms with van der Waals surface area (Å²) in [5.41, 5.74) is 5.51. The Bertz CT molecular complexity index is 142. The van der Waals surface area contributed by atoms with Crippen molar-refractivity contribution in [2.24, 2.45) is 10.7 Å². The van der Waals surface area contributed by atoms with Crippen LogP contribution in [0.4, 0.5) is 0 Å². The van der Waals surface area contributed by atoms with E-state index in [4.69, 9.17) is 5.73 Å². The van der Waals surface area contributed by atoms with Crippen LogP contribution in [0.5, 0.6) is 0 Å². The lowest BCUT2D eigenvalue weighted by Gasteiger charge is -1.89. The van der Waals surface area contributed by atoms with Gasteiger partial charge in [0.1, 0.15) is 6.17 Å². The van der Waals surface area contributed by atoms with Crippen LogP contribution >= 0.6 is 11.8 Å². The minimum Gasteiger partial charge on any atom is -0.309 e. The summed E-state index contributed by atoms with van der Waals surface area (Å²) >= 11 is 1.73. The molecule has 0 spiro atoms. The summed E-state index contributed by atoms with van der Waals surface area (Å²) in [6, 6.07) is 0. The Morgan fingerprint density at radius 3 is 3.22 bits per heavy atom. The Morgan fingerprint density at radius 1 is 2.00 bits per heavy atom. The maximum Gasteiger partial charge on any atom is 0.107 e. The first kappa shape index (κ1) is 6.83. The topological polar surface area (TPSA) is 38.4 Å². The van der Waals surface area contributed by atoms with Crippen molar-refractivity contribution in [3.8, 4) is 0 Å². The van der Waals surface area contributed by atoms with Crippen LogP contribution < -0.4 is 5.73 Å². The highest BCUT2D eigenvalue weighted by atomic mass is 32.2. The number of thioether (sulfide) groups is 1. The second-order valence-corrected chi connectivity index (χ2v) is 2.99. The normalized spacial score (nSPS) is 25.9. The zero-order chi connectivity index (χ0) is 6.69. The van der Waals surface area contributed by atoms with Crippen LogP contribution in [0, 0.1) is 0 Å². The van der Waals surface area contributed by atoms with Crippen LogP contribution in [-0.2, 0) is 0 Å². The molecule has 0 saturated heterocycles. The lowest BCUT2D eigenvalue weighted by atomic mass is 10.4. The zero-order valence-corrected chi connectivity index (χ0v) is 6.03. The number of rotatable bonds is 2. The van der Waals surface area contributed by atoms with Gasteiger partial charge in [0.15, 0.2) is 0 Å². The van der Waals surface area contributed by atoms with Gasteiger partial charge in [-0.05, 0) is 0 Å². The fraction of sp³-hybridized carbons (Fsp3) is 0.500. The van der Waals surface area contributed by atoms with Gasteiger partial charge in [-0.2, -0.15) is 0 Å². The first-order valence-electron chi connectivity index (χ1n) is 2.89. The molecule has 0 fully saturated rings. The molecule has 0 aromatic heterocycles. The van der Waals surface area contributed by atoms with E-state index >= 15 is 0 Å². The van der Waals surface area contributed by atoms with Gasteiger partial charge >= 0.3 is 0 Å². The largest absolute Gasteiger partial charge is 0.309 e. The molecule has 0 aromatic rings. The standard InChI is InChI=1S/C6H10N2S/c1-2-3-6-8-5(7)4-9-6/h2,5H,1,3-4,7H2. The summed E-state index contributed by atoms with van der Waals surface area (Å²) in [6.45, 7) is 3.61. The molecule has 1 atom stereocenters. The van der Waals surface area contributed by atoms with Crippen LogP contribution in [0.25, 0.3) is 0 Å². The van der Waals surface area contributed by atoms with Crippen LogP contribution in [0.1, 0.15) is 6.42 Å². The molecule has 2 nitrogen and oxygen atoms in total. The lowest BCUT2D eigenvalue weighted by molar-refractivity contribution is 0.818. The smallest absolute Gasteiger partial charge is 0.107 e. The summed E-state index contributed by atoms with van der Waals surface area (Å²) in [5.74, 6) is 0.934. The molecular formula is C6H10N2S. The van der Waals surface area contributed by atoms with E-state index < -0.39 is 0 Å². The molecule has 1 aliphatic heterocycles. The first-order valence-corrected chi connectivity index (χ1v) is 3.87. The van der Waals surface area contributed by atoms with Crippen molar-refractivity contribution in [3.05, 3.63) is 12.7 Å². The summed E-state index contributed by atoms with van der Waals surface area (Å²) in [4.78, 5) is 4.16. The van der Waals surface area contributed by atoms with Crippen LogP contribution in [0.15, 0.2) is 17.6 Å². The summed E-state index contributed by atoms with van der Waals surface area (Å²) in [5, 5.41) is 1.12. The van der Waals surface area contributed by atoms with E-state index in [1.807, 2.05) is 6.08 Å². The fourth-order valence-corrected chi connectivity index (χ4v) is 1.56. The first-order chi connectivity index (χ1) is 4.33. The maximum absolute atomic E-state index is 5.51. The molecule has 1 heterocycles. The van der Waals surface area contributed by atoms with Gasteiger partial charge in [0, 0.05) is 12.2 Å². The van der Waals surface area contributed by atoms with Crippen molar-refractivity contribution < 1.29 is 0 Å². The number of hydrogen-bond acceptors (Lipinski definition) is 3. The minimum atomic E-state index is 0.0324. The second kappa shape index (κ2) is 3.03. The van der Waals surface area contributed by atoms with E-state index in [-0.39, 0.29) is 6.17 Å². The van der Waals surface area contributed by atoms with E-state index in [9.17, 15) is 0 Å². The predicted molar refractivity (Wildman–Crippen MR) is 42.7 cm³/mol. The number of allylic oxidation sites excluding steroid dienone is 1. The third kappa shape index (κ3) is 1.84. The SMILES string of the molecule is C=CCC1=NC(N)CS1. The van der Waals surface area contributed by atoms with Gasteiger partial charge in [-0.1, -0.05) is 6.08 Å². The summed E-state index contributed by atoms with van der Waals surface area (Å²) in [7, 11) is 0. The van der Waals surface area contributed by atoms with Gasteiger partial charge in [0.25, 0.3) is 0 Å². The third-order valence-electron chi connectivity index (χ3n) is 1.05. The molecule has 3 heteroatoms. The van der Waals surface area contributed by atoms with E-state index in [0.29, 0.717) is 0 Å². The van der Waals surface area contributed by atoms with Crippen molar-refractivity contribution in [3.63, 3.8) is 0 Å². The highest BCUT2D eigenvalue weighted by molar-refractivity contribution is 8.14. The quantitative estimate of drug-likeness (QED) is 0.584. The van der Waals surface area contributed by atoms with Crippen molar-refractivity contribution in [2.45, 2.75) is 12.6 Å². The third-order valence-corrected chi connectivity index (χ3v) is 2.16. The predicted octanol–water partition coefficient (Wildman–Crippen LogP) is 0.993. The van der Waals surface area contributed by atoms with Crippen molar-refractivity contribution in [1.82, 2.24) is 0 Å². The number of aliphatic imine (C=N–C) groups is 1. The second-order valence-electron chi connectivity index (χ2n) is 1.89. The zero-order valence-electron chi connectivity index (χ0n) is 5.21. The molecule has 0 radical (unpaired) electrons. The van der Waals surface area contributed by atoms with E-state index in [1.165, 1.54) is 0 Å². The molecule has 0 amide bonds. The summed E-state index contributed by atoms with van der Waals surface area (Å²) < 4.78 is 0. The monoisotopic (exact) mass is 142 g/mol. The highest BCUT2D eigenvalue weighted by Crippen LogP contribution is 2.17. The molecule has 0 bridgehead atoms. The fourth-order valence-electron chi connectivity index (χ4n) is 0.676. The number of hydrogen-bond donors (Lipinski definition) is 1. The van der Waals surface area contributed by atoms with Crippen molar-refractivity contribution in [2.75, 3.05) is 5.75 Å². The van der Waals surface area contributed by atoms with Crippen molar-refractivity contribution in [1.29, 1.82) is 0 Å². The average Bonchev–Trinajstić information content (AvgIpc) is 2.17. The Labute approximate surface area is 59.2 Å². The van der Waals surface area contributed by atoms with Gasteiger partial charge in [0.05, 0.1) is 5.04 Å². The van der Waals surface area contributed by atoms with E-state index in [0.717, 1.165) is 17.2 Å². The van der Waals surface area contributed by atoms with Gasteiger partial charge in [-0.15, -0.1) is 18.3 Å². The van der Waals surface area contributed by atoms with Gasteiger partial charge in [0.2, 0.25) is 0 Å². The molecule has 1 rings (SSSR count). The molecule has 0 aromatic carbocycles. The summed E-state index contributed by atoms with van der Waals surface area (Å²) in [6.07, 6.45) is 2.76. The molecule has 0 aliphatic carbocycles. The van der Waals surface area contributed by atoms with Gasteiger partial charge < -0.3 is 5.73 Å². The van der Waals surface area contributed by atoms with Crippen LogP contribution in [0.3, 0.4) is 0 Å². The minimum absolute atomic E-state index is 0.0324. The molecule has 2 N–H and O–H groups in total. The lowest BCUT2D eigenvalue weighted by Crippen LogP contribution is -2.15. The molecular weight excluding hydrogens is 132 g/mol. The Hall–Kier alpha value is -0.280. The maximum atomic E-state index is 5.51. The van der Waals surface area contributed by atoms with Gasteiger partial charge in [-0.25, -0.2) is 0 Å². The Morgan fingerprint density at radius 2 is 2.78 bits per heavy atom. The Kier molecular flexibility index (Phi) is 2.30. The average molecular weight is 142 g/mol. The van der Waals surface area contributed by atoms with E-state index in [1.54, 1.807) is 11.8 Å². The van der Waals surface area contributed by atoms with Crippen LogP contribution in [0.2, 0.25) is 0 Å². The molecule has 9 heavy (non-hydrogen) atoms. The Balaban J connectivity index is 2.41. The van der Waals surface area contributed by atoms with Crippen LogP contribution in [-0.4, -0.2) is 17.0 Å². The molecule has 1 unspecified atom stereocenters. The molecule has 1 aliphatic rings. The highest BCUT2D eigenvalue weighted by Gasteiger charge is 2.11. The van der Waals surface area contributed by atoms with E-state index in [2.05, 4.69) is 11.6 Å². The van der Waals surface area contributed by atoms with Crippen molar-refractivity contribution >= 4 is 16.8 Å². The van der Waals surface area contributed by atoms with Gasteiger partial charge in [-0.3, -0.25) is 4.99 Å². The molecule has 0 saturated carbocycles. The number of nitrogens with two attached hydrogens (primary N) is 1. The molecule has 50 valence electrons.